The van der Waals surface area contributed by atoms with Gasteiger partial charge in [0.15, 0.2) is 23.3 Å². The summed E-state index contributed by atoms with van der Waals surface area (Å²) in [5.74, 6) is -7.25. The lowest BCUT2D eigenvalue weighted by atomic mass is 9.65. The maximum absolute atomic E-state index is 16.9. The van der Waals surface area contributed by atoms with Gasteiger partial charge in [0, 0.05) is 40.3 Å². The number of halogens is 7. The molecule has 0 aromatic heterocycles. The average Bonchev–Trinajstić information content (AvgIpc) is 3.91. The van der Waals surface area contributed by atoms with Crippen LogP contribution in [0.5, 0.6) is 0 Å². The molecule has 0 amide bonds. The minimum atomic E-state index is -1.53. The third kappa shape index (κ3) is 6.99. The zero-order valence-corrected chi connectivity index (χ0v) is 39.6. The van der Waals surface area contributed by atoms with E-state index in [1.54, 1.807) is 24.3 Å². The van der Waals surface area contributed by atoms with Gasteiger partial charge in [-0.1, -0.05) is 147 Å². The van der Waals surface area contributed by atoms with Crippen molar-refractivity contribution in [3.8, 4) is 22.3 Å². The molecule has 74 heavy (non-hydrogen) atoms. The Morgan fingerprint density at radius 3 is 1.46 bits per heavy atom. The molecule has 0 N–H and O–H groups in total. The van der Waals surface area contributed by atoms with Gasteiger partial charge in [0.25, 0.3) is 0 Å². The lowest BCUT2D eigenvalue weighted by molar-refractivity contribution is 0.482. The molecular weight excluding hydrogens is 940 g/mol. The molecule has 0 heterocycles. The number of hydrogen-bond acceptors (Lipinski definition) is 1. The van der Waals surface area contributed by atoms with Gasteiger partial charge >= 0.3 is 0 Å². The fourth-order valence-corrected chi connectivity index (χ4v) is 11.9. The Kier molecular flexibility index (Phi) is 11.1. The molecule has 0 saturated carbocycles. The minimum absolute atomic E-state index is 0.0484. The summed E-state index contributed by atoms with van der Waals surface area (Å²) in [6.45, 7) is 7.86. The van der Waals surface area contributed by atoms with Gasteiger partial charge in [-0.3, -0.25) is 0 Å². The van der Waals surface area contributed by atoms with E-state index in [0.717, 1.165) is 62.2 Å². The summed E-state index contributed by atoms with van der Waals surface area (Å²) in [5.41, 5.74) is 8.97. The summed E-state index contributed by atoms with van der Waals surface area (Å²) in [7, 11) is 0. The van der Waals surface area contributed by atoms with E-state index in [4.69, 9.17) is 0 Å². The lowest BCUT2D eigenvalue weighted by Gasteiger charge is -2.37. The van der Waals surface area contributed by atoms with Crippen molar-refractivity contribution >= 4 is 34.8 Å². The number of benzene rings is 9. The highest BCUT2D eigenvalue weighted by Gasteiger charge is 2.51. The smallest absolute Gasteiger partial charge is 0.161 e. The molecule has 2 atom stereocenters. The van der Waals surface area contributed by atoms with Gasteiger partial charge in [-0.05, 0) is 151 Å². The maximum atomic E-state index is 16.9. The van der Waals surface area contributed by atoms with Crippen LogP contribution in [0.15, 0.2) is 213 Å². The number of anilines is 3. The first-order valence-electron chi connectivity index (χ1n) is 24.2. The first-order chi connectivity index (χ1) is 35.9. The van der Waals surface area contributed by atoms with Gasteiger partial charge < -0.3 is 4.90 Å². The molecule has 3 aliphatic rings. The van der Waals surface area contributed by atoms with E-state index >= 15 is 26.3 Å². The second kappa shape index (κ2) is 17.8. The predicted molar refractivity (Wildman–Crippen MR) is 282 cm³/mol. The van der Waals surface area contributed by atoms with Gasteiger partial charge in [0.1, 0.15) is 17.5 Å². The lowest BCUT2D eigenvalue weighted by Crippen LogP contribution is -2.32. The first kappa shape index (κ1) is 46.3. The number of hydrogen-bond donors (Lipinski definition) is 0. The Labute approximate surface area is 423 Å². The molecule has 0 radical (unpaired) electrons. The Bertz CT molecular complexity index is 3830. The minimum Gasteiger partial charge on any atom is -0.310 e. The van der Waals surface area contributed by atoms with Crippen LogP contribution in [0.25, 0.3) is 40.0 Å². The van der Waals surface area contributed by atoms with Crippen molar-refractivity contribution in [1.82, 2.24) is 0 Å². The van der Waals surface area contributed by atoms with Gasteiger partial charge in [-0.25, -0.2) is 30.7 Å². The van der Waals surface area contributed by atoms with E-state index in [0.29, 0.717) is 69.9 Å². The number of rotatable bonds is 10. The van der Waals surface area contributed by atoms with Crippen LogP contribution in [0.1, 0.15) is 68.5 Å². The normalized spacial score (nSPS) is 17.1. The van der Waals surface area contributed by atoms with Crippen molar-refractivity contribution in [3.63, 3.8) is 0 Å². The maximum Gasteiger partial charge on any atom is 0.161 e. The Morgan fingerprint density at radius 1 is 0.405 bits per heavy atom. The topological polar surface area (TPSA) is 3.24 Å². The standard InChI is InChI=1S/C66H42F7N/c1-3-39-13-21-43(22-14-39)65(57-35-61(70)63(72)37-59(57)68)53-11-7-5-9-49(53)51-31-29-47(33-55(51)65)74(46-27-19-42(20-28-46)41-17-25-45(67)26-18-41)48-30-32-52-50-10-6-8-12-54(50)66(56(52)34-48,44-23-15-40(4-2)16-24-44)58-36-62(71)64(73)38-60(58)69/h3-7,9-11,13-38H,1-2,8,12H2. The molecule has 360 valence electrons. The molecule has 1 nitrogen and oxygen atoms in total. The van der Waals surface area contributed by atoms with Gasteiger partial charge in [0.05, 0.1) is 10.8 Å². The second-order valence-corrected chi connectivity index (χ2v) is 18.9. The number of allylic oxidation sites excluding steroid dienone is 4. The van der Waals surface area contributed by atoms with Crippen molar-refractivity contribution < 1.29 is 30.7 Å². The van der Waals surface area contributed by atoms with Crippen LogP contribution in [0.2, 0.25) is 0 Å². The Balaban J connectivity index is 1.15. The van der Waals surface area contributed by atoms with Gasteiger partial charge in [0.2, 0.25) is 0 Å². The van der Waals surface area contributed by atoms with Crippen LogP contribution in [-0.2, 0) is 10.8 Å². The zero-order valence-electron chi connectivity index (χ0n) is 39.6. The van der Waals surface area contributed by atoms with Crippen molar-refractivity contribution in [1.29, 1.82) is 0 Å². The molecule has 12 rings (SSSR count). The molecule has 0 aliphatic heterocycles. The van der Waals surface area contributed by atoms with E-state index < -0.39 is 45.7 Å². The molecule has 3 aliphatic carbocycles. The molecular formula is C66H42F7N. The van der Waals surface area contributed by atoms with E-state index in [2.05, 4.69) is 19.2 Å². The summed E-state index contributed by atoms with van der Waals surface area (Å²) in [4.78, 5) is 2.01. The molecule has 9 aromatic carbocycles. The summed E-state index contributed by atoms with van der Waals surface area (Å²) >= 11 is 0. The van der Waals surface area contributed by atoms with E-state index in [1.165, 1.54) is 12.1 Å². The average molecular weight is 982 g/mol. The highest BCUT2D eigenvalue weighted by molar-refractivity contribution is 5.94. The third-order valence-electron chi connectivity index (χ3n) is 15.2. The van der Waals surface area contributed by atoms with Crippen molar-refractivity contribution in [2.45, 2.75) is 23.7 Å². The summed E-state index contributed by atoms with van der Waals surface area (Å²) in [6.07, 6.45) is 8.57. The molecule has 8 heteroatoms. The molecule has 2 unspecified atom stereocenters. The number of nitrogens with zero attached hydrogens (tertiary/aromatic N) is 1. The molecule has 0 spiro atoms. The summed E-state index contributed by atoms with van der Waals surface area (Å²) in [6, 6.07) is 51.1. The van der Waals surface area contributed by atoms with Crippen molar-refractivity contribution in [3.05, 3.63) is 309 Å². The second-order valence-electron chi connectivity index (χ2n) is 18.9. The number of fused-ring (bicyclic) bond motifs is 5. The SMILES string of the molecule is C=Cc1ccc(C2(c3cc(F)c(F)cc3F)C3=C(C=CCC3)c3ccc(N(c4ccc(-c5ccc(F)cc5)cc4)c4ccc5c(c4)C(c4ccc(C=C)cc4)(c4cc(F)c(F)cc4F)c4ccccc4-5)cc32)cc1. The monoisotopic (exact) mass is 981 g/mol. The summed E-state index contributed by atoms with van der Waals surface area (Å²) < 4.78 is 110. The van der Waals surface area contributed by atoms with E-state index in [-0.39, 0.29) is 16.9 Å². The molecule has 0 fully saturated rings. The summed E-state index contributed by atoms with van der Waals surface area (Å²) in [5, 5.41) is 0. The molecule has 0 bridgehead atoms. The van der Waals surface area contributed by atoms with Gasteiger partial charge in [-0.15, -0.1) is 0 Å². The fourth-order valence-electron chi connectivity index (χ4n) is 11.9. The quantitative estimate of drug-likeness (QED) is 0.0975. The fraction of sp³-hybridized carbons (Fsp3) is 0.0606. The highest BCUT2D eigenvalue weighted by Crippen LogP contribution is 2.61. The largest absolute Gasteiger partial charge is 0.310 e. The van der Waals surface area contributed by atoms with Crippen molar-refractivity contribution in [2.75, 3.05) is 4.90 Å². The highest BCUT2D eigenvalue weighted by atomic mass is 19.2. The van der Waals surface area contributed by atoms with Crippen LogP contribution in [0.3, 0.4) is 0 Å². The zero-order chi connectivity index (χ0) is 51.0. The molecule has 9 aromatic rings. The van der Waals surface area contributed by atoms with Crippen LogP contribution in [-0.4, -0.2) is 0 Å². The Hall–Kier alpha value is -8.75. The van der Waals surface area contributed by atoms with Crippen LogP contribution >= 0.6 is 0 Å². The van der Waals surface area contributed by atoms with Gasteiger partial charge in [-0.2, -0.15) is 0 Å². The Morgan fingerprint density at radius 2 is 0.878 bits per heavy atom. The van der Waals surface area contributed by atoms with E-state index in [1.807, 2.05) is 144 Å². The first-order valence-corrected chi connectivity index (χ1v) is 24.2. The third-order valence-corrected chi connectivity index (χ3v) is 15.2. The molecule has 0 saturated heterocycles. The van der Waals surface area contributed by atoms with Crippen LogP contribution < -0.4 is 4.90 Å². The van der Waals surface area contributed by atoms with Crippen LogP contribution in [0.4, 0.5) is 47.8 Å². The van der Waals surface area contributed by atoms with Crippen molar-refractivity contribution in [2.24, 2.45) is 0 Å². The van der Waals surface area contributed by atoms with E-state index in [9.17, 15) is 4.39 Å². The van der Waals surface area contributed by atoms with Crippen LogP contribution in [0, 0.1) is 40.7 Å². The predicted octanol–water partition coefficient (Wildman–Crippen LogP) is 17.9.